The molecule has 17 heavy (non-hydrogen) atoms. The highest BCUT2D eigenvalue weighted by atomic mass is 19.4. The molecule has 1 fully saturated rings. The van der Waals surface area contributed by atoms with Crippen molar-refractivity contribution in [3.05, 3.63) is 24.2 Å². The highest BCUT2D eigenvalue weighted by molar-refractivity contribution is 5.01. The average molecular weight is 248 g/mol. The Kier molecular flexibility index (Phi) is 3.44. The van der Waals surface area contributed by atoms with E-state index in [1.54, 1.807) is 12.1 Å². The topological polar surface area (TPSA) is 42.4 Å². The molecule has 2 N–H and O–H groups in total. The summed E-state index contributed by atoms with van der Waals surface area (Å²) in [6.07, 6.45) is -1.23. The molecule has 1 heterocycles. The van der Waals surface area contributed by atoms with E-state index >= 15 is 0 Å². The minimum atomic E-state index is -4.29. The van der Waals surface area contributed by atoms with Crippen molar-refractivity contribution in [3.63, 3.8) is 0 Å². The Morgan fingerprint density at radius 1 is 1.47 bits per heavy atom. The van der Waals surface area contributed by atoms with Gasteiger partial charge in [-0.25, -0.2) is 0 Å². The molecular weight excluding hydrogens is 233 g/mol. The molecule has 0 bridgehead atoms. The van der Waals surface area contributed by atoms with Gasteiger partial charge in [0, 0.05) is 12.6 Å². The van der Waals surface area contributed by atoms with Gasteiger partial charge in [0.1, 0.15) is 11.8 Å². The van der Waals surface area contributed by atoms with Crippen LogP contribution in [-0.2, 0) is 6.54 Å². The summed E-state index contributed by atoms with van der Waals surface area (Å²) in [5, 5.41) is 0. The Labute approximate surface area is 97.4 Å². The summed E-state index contributed by atoms with van der Waals surface area (Å²) in [7, 11) is 0. The summed E-state index contributed by atoms with van der Waals surface area (Å²) in [6.45, 7) is -0.250. The van der Waals surface area contributed by atoms with Crippen molar-refractivity contribution in [2.45, 2.75) is 37.6 Å². The van der Waals surface area contributed by atoms with Gasteiger partial charge in [-0.05, 0) is 25.0 Å². The molecule has 0 aliphatic heterocycles. The summed E-state index contributed by atoms with van der Waals surface area (Å²) < 4.78 is 43.6. The van der Waals surface area contributed by atoms with E-state index in [1.165, 1.54) is 11.2 Å². The van der Waals surface area contributed by atoms with Crippen LogP contribution in [0.25, 0.3) is 0 Å². The van der Waals surface area contributed by atoms with E-state index in [9.17, 15) is 13.2 Å². The lowest BCUT2D eigenvalue weighted by Crippen LogP contribution is -2.50. The van der Waals surface area contributed by atoms with E-state index in [2.05, 4.69) is 0 Å². The summed E-state index contributed by atoms with van der Waals surface area (Å²) in [6, 6.07) is 1.75. The molecule has 1 aliphatic rings. The van der Waals surface area contributed by atoms with Gasteiger partial charge in [-0.15, -0.1) is 0 Å². The lowest BCUT2D eigenvalue weighted by atomic mass is 10.2. The Balaban J connectivity index is 2.10. The molecule has 96 valence electrons. The van der Waals surface area contributed by atoms with E-state index in [0.717, 1.165) is 12.8 Å². The normalized spacial score (nSPS) is 18.6. The SMILES string of the molecule is NCC(N(Cc1ccco1)C1CC1)C(F)(F)F. The van der Waals surface area contributed by atoms with Crippen LogP contribution in [0.2, 0.25) is 0 Å². The van der Waals surface area contributed by atoms with Crippen LogP contribution in [0.15, 0.2) is 22.8 Å². The fourth-order valence-corrected chi connectivity index (χ4v) is 1.94. The number of hydrogen-bond acceptors (Lipinski definition) is 3. The molecule has 0 amide bonds. The van der Waals surface area contributed by atoms with Gasteiger partial charge in [-0.3, -0.25) is 4.90 Å². The second-order valence-electron chi connectivity index (χ2n) is 4.28. The van der Waals surface area contributed by atoms with Crippen molar-refractivity contribution in [3.8, 4) is 0 Å². The molecule has 6 heteroatoms. The molecule has 1 aromatic heterocycles. The fraction of sp³-hybridized carbons (Fsp3) is 0.636. The number of furan rings is 1. The van der Waals surface area contributed by atoms with Gasteiger partial charge < -0.3 is 10.2 Å². The first-order valence-corrected chi connectivity index (χ1v) is 5.57. The molecular formula is C11H15F3N2O. The number of rotatable bonds is 5. The zero-order valence-electron chi connectivity index (χ0n) is 9.28. The van der Waals surface area contributed by atoms with Crippen LogP contribution in [0.1, 0.15) is 18.6 Å². The summed E-state index contributed by atoms with van der Waals surface area (Å²) in [5.41, 5.74) is 5.26. The van der Waals surface area contributed by atoms with Gasteiger partial charge in [0.2, 0.25) is 0 Å². The van der Waals surface area contributed by atoms with E-state index in [4.69, 9.17) is 10.2 Å². The van der Waals surface area contributed by atoms with Crippen LogP contribution < -0.4 is 5.73 Å². The third-order valence-electron chi connectivity index (χ3n) is 2.94. The quantitative estimate of drug-likeness (QED) is 0.868. The van der Waals surface area contributed by atoms with Crippen LogP contribution >= 0.6 is 0 Å². The zero-order valence-corrected chi connectivity index (χ0v) is 9.28. The Bertz CT molecular complexity index is 346. The van der Waals surface area contributed by atoms with Gasteiger partial charge in [-0.1, -0.05) is 0 Å². The van der Waals surface area contributed by atoms with Gasteiger partial charge >= 0.3 is 6.18 Å². The predicted octanol–water partition coefficient (Wildman–Crippen LogP) is 2.13. The first kappa shape index (κ1) is 12.4. The monoisotopic (exact) mass is 248 g/mol. The van der Waals surface area contributed by atoms with Crippen LogP contribution in [0.4, 0.5) is 13.2 Å². The molecule has 1 atom stereocenters. The average Bonchev–Trinajstić information content (AvgIpc) is 2.95. The van der Waals surface area contributed by atoms with E-state index in [1.807, 2.05) is 0 Å². The molecule has 3 nitrogen and oxygen atoms in total. The maximum Gasteiger partial charge on any atom is 0.405 e. The maximum absolute atomic E-state index is 12.8. The van der Waals surface area contributed by atoms with E-state index in [-0.39, 0.29) is 12.6 Å². The van der Waals surface area contributed by atoms with Crippen LogP contribution in [0, 0.1) is 0 Å². The summed E-state index contributed by atoms with van der Waals surface area (Å²) >= 11 is 0. The van der Waals surface area contributed by atoms with Crippen LogP contribution in [0.3, 0.4) is 0 Å². The molecule has 2 rings (SSSR count). The van der Waals surface area contributed by atoms with Crippen molar-refractivity contribution in [1.29, 1.82) is 0 Å². The third kappa shape index (κ3) is 3.01. The van der Waals surface area contributed by atoms with Gasteiger partial charge in [-0.2, -0.15) is 13.2 Å². The van der Waals surface area contributed by atoms with Gasteiger partial charge in [0.05, 0.1) is 12.8 Å². The van der Waals surface area contributed by atoms with E-state index in [0.29, 0.717) is 5.76 Å². The Morgan fingerprint density at radius 3 is 2.59 bits per heavy atom. The van der Waals surface area contributed by atoms with Gasteiger partial charge in [0.25, 0.3) is 0 Å². The number of nitrogens with zero attached hydrogens (tertiary/aromatic N) is 1. The lowest BCUT2D eigenvalue weighted by molar-refractivity contribution is -0.184. The minimum Gasteiger partial charge on any atom is -0.468 e. The molecule has 0 spiro atoms. The molecule has 0 aromatic carbocycles. The number of hydrogen-bond donors (Lipinski definition) is 1. The van der Waals surface area contributed by atoms with Crippen LogP contribution in [-0.4, -0.2) is 29.7 Å². The van der Waals surface area contributed by atoms with Crippen LogP contribution in [0.5, 0.6) is 0 Å². The number of alkyl halides is 3. The Morgan fingerprint density at radius 2 is 2.18 bits per heavy atom. The predicted molar refractivity (Wildman–Crippen MR) is 56.2 cm³/mol. The molecule has 1 aromatic rings. The summed E-state index contributed by atoms with van der Waals surface area (Å²) in [5.74, 6) is 0.541. The van der Waals surface area contributed by atoms with Crippen molar-refractivity contribution >= 4 is 0 Å². The molecule has 1 saturated carbocycles. The number of halogens is 3. The lowest BCUT2D eigenvalue weighted by Gasteiger charge is -2.31. The van der Waals surface area contributed by atoms with E-state index < -0.39 is 18.8 Å². The fourth-order valence-electron chi connectivity index (χ4n) is 1.94. The van der Waals surface area contributed by atoms with Crippen molar-refractivity contribution in [2.75, 3.05) is 6.54 Å². The smallest absolute Gasteiger partial charge is 0.405 e. The largest absolute Gasteiger partial charge is 0.468 e. The van der Waals surface area contributed by atoms with Crippen molar-refractivity contribution in [2.24, 2.45) is 5.73 Å². The molecule has 1 aliphatic carbocycles. The first-order chi connectivity index (χ1) is 8.02. The second-order valence-corrected chi connectivity index (χ2v) is 4.28. The maximum atomic E-state index is 12.8. The molecule has 0 saturated heterocycles. The standard InChI is InChI=1S/C11H15F3N2O/c12-11(13,14)10(6-15)16(8-3-4-8)7-9-2-1-5-17-9/h1-2,5,8,10H,3-4,6-7,15H2. The zero-order chi connectivity index (χ0) is 12.5. The highest BCUT2D eigenvalue weighted by Crippen LogP contribution is 2.35. The molecule has 1 unspecified atom stereocenters. The molecule has 0 radical (unpaired) electrons. The van der Waals surface area contributed by atoms with Crippen molar-refractivity contribution < 1.29 is 17.6 Å². The summed E-state index contributed by atoms with van der Waals surface area (Å²) in [4.78, 5) is 1.40. The number of nitrogens with two attached hydrogens (primary N) is 1. The minimum absolute atomic E-state index is 0.0183. The van der Waals surface area contributed by atoms with Crippen molar-refractivity contribution in [1.82, 2.24) is 4.90 Å². The van der Waals surface area contributed by atoms with Gasteiger partial charge in [0.15, 0.2) is 0 Å². The Hall–Kier alpha value is -1.01. The third-order valence-corrected chi connectivity index (χ3v) is 2.94. The first-order valence-electron chi connectivity index (χ1n) is 5.57. The second kappa shape index (κ2) is 4.70. The highest BCUT2D eigenvalue weighted by Gasteiger charge is 2.47.